The molecule has 2 heterocycles. The van der Waals surface area contributed by atoms with Crippen molar-refractivity contribution < 1.29 is 17.5 Å². The minimum atomic E-state index is -3.91. The normalized spacial score (nSPS) is 12.2. The number of nitrogens with zero attached hydrogens (tertiary/aromatic N) is 2. The Balaban J connectivity index is 1.68. The molecule has 0 aliphatic rings. The summed E-state index contributed by atoms with van der Waals surface area (Å²) in [6.45, 7) is 2.88. The van der Waals surface area contributed by atoms with Gasteiger partial charge in [0.25, 0.3) is 10.1 Å². The Kier molecular flexibility index (Phi) is 5.96. The first-order chi connectivity index (χ1) is 13.9. The molecular formula is C21H23N2O3S3+. The van der Waals surface area contributed by atoms with Gasteiger partial charge in [-0.3, -0.25) is 4.55 Å². The molecule has 0 bridgehead atoms. The molecule has 1 N–H and O–H groups in total. The molecule has 0 amide bonds. The summed E-state index contributed by atoms with van der Waals surface area (Å²) in [7, 11) is -3.91. The summed E-state index contributed by atoms with van der Waals surface area (Å²) in [6.07, 6.45) is 2.85. The third-order valence-electron chi connectivity index (χ3n) is 4.94. The Bertz CT molecular complexity index is 1230. The van der Waals surface area contributed by atoms with Crippen LogP contribution >= 0.6 is 22.7 Å². The molecule has 4 rings (SSSR count). The lowest BCUT2D eigenvalue weighted by atomic mass is 10.1. The van der Waals surface area contributed by atoms with E-state index in [1.54, 1.807) is 22.7 Å². The van der Waals surface area contributed by atoms with Crippen LogP contribution in [0.1, 0.15) is 35.3 Å². The van der Waals surface area contributed by atoms with E-state index >= 15 is 0 Å². The third kappa shape index (κ3) is 4.66. The van der Waals surface area contributed by atoms with Crippen molar-refractivity contribution in [1.82, 2.24) is 4.98 Å². The Morgan fingerprint density at radius 3 is 2.59 bits per heavy atom. The second-order valence-electron chi connectivity index (χ2n) is 7.01. The Hall–Kier alpha value is -1.87. The predicted octanol–water partition coefficient (Wildman–Crippen LogP) is 4.62. The summed E-state index contributed by atoms with van der Waals surface area (Å²) >= 11 is 3.51. The van der Waals surface area contributed by atoms with E-state index in [1.165, 1.54) is 25.5 Å². The largest absolute Gasteiger partial charge is 0.286 e. The van der Waals surface area contributed by atoms with Crippen LogP contribution in [0.15, 0.2) is 42.5 Å². The summed E-state index contributed by atoms with van der Waals surface area (Å²) in [4.78, 5) is 4.79. The second-order valence-corrected chi connectivity index (χ2v) is 10.8. The average Bonchev–Trinajstić information content (AvgIpc) is 3.25. The molecule has 0 aliphatic heterocycles. The maximum absolute atomic E-state index is 11.0. The molecule has 0 atom stereocenters. The molecule has 0 unspecified atom stereocenters. The van der Waals surface area contributed by atoms with Crippen molar-refractivity contribution in [2.45, 2.75) is 39.2 Å². The van der Waals surface area contributed by atoms with Gasteiger partial charge in [0.2, 0.25) is 10.5 Å². The Labute approximate surface area is 178 Å². The smallest absolute Gasteiger partial charge is 0.264 e. The van der Waals surface area contributed by atoms with Crippen LogP contribution in [0.4, 0.5) is 0 Å². The van der Waals surface area contributed by atoms with Crippen LogP contribution in [0.2, 0.25) is 0 Å². The summed E-state index contributed by atoms with van der Waals surface area (Å²) in [5, 5.41) is 2.31. The van der Waals surface area contributed by atoms with Crippen molar-refractivity contribution in [2.24, 2.45) is 0 Å². The highest BCUT2D eigenvalue weighted by Gasteiger charge is 2.24. The van der Waals surface area contributed by atoms with Gasteiger partial charge >= 0.3 is 0 Å². The summed E-state index contributed by atoms with van der Waals surface area (Å²) in [5.41, 5.74) is 3.56. The van der Waals surface area contributed by atoms with Gasteiger partial charge < -0.3 is 0 Å². The number of hydrogen-bond donors (Lipinski definition) is 1. The van der Waals surface area contributed by atoms with Crippen LogP contribution in [0.25, 0.3) is 20.4 Å². The van der Waals surface area contributed by atoms with Gasteiger partial charge in [-0.2, -0.15) is 13.0 Å². The number of benzene rings is 2. The van der Waals surface area contributed by atoms with Crippen LogP contribution in [-0.2, 0) is 29.5 Å². The molecule has 152 valence electrons. The van der Waals surface area contributed by atoms with Crippen molar-refractivity contribution >= 4 is 53.2 Å². The van der Waals surface area contributed by atoms with Gasteiger partial charge in [0, 0.05) is 12.0 Å². The third-order valence-corrected chi connectivity index (χ3v) is 7.93. The van der Waals surface area contributed by atoms with Gasteiger partial charge in [-0.05, 0) is 31.0 Å². The van der Waals surface area contributed by atoms with Crippen LogP contribution in [-0.4, -0.2) is 23.7 Å². The zero-order chi connectivity index (χ0) is 20.4. The zero-order valence-corrected chi connectivity index (χ0v) is 18.6. The molecule has 4 aromatic rings. The zero-order valence-electron chi connectivity index (χ0n) is 16.2. The standard InChI is InChI=1S/C21H22N2O3S3/c1-2-15-8-7-11-18-21(15)23(12-5-6-13-29(24,25)26)20(28-18)14-19-22-16-9-3-4-10-17(16)27-19/h3-4,7-11H,2,5-6,12-14H2,1H3/p+1. The van der Waals surface area contributed by atoms with Gasteiger partial charge in [0.05, 0.1) is 22.4 Å². The van der Waals surface area contributed by atoms with Gasteiger partial charge in [-0.1, -0.05) is 42.5 Å². The first kappa shape index (κ1) is 20.4. The lowest BCUT2D eigenvalue weighted by Gasteiger charge is -2.02. The van der Waals surface area contributed by atoms with E-state index in [0.29, 0.717) is 12.8 Å². The first-order valence-corrected chi connectivity index (χ1v) is 12.9. The van der Waals surface area contributed by atoms with E-state index in [2.05, 4.69) is 35.8 Å². The highest BCUT2D eigenvalue weighted by molar-refractivity contribution is 7.85. The molecule has 29 heavy (non-hydrogen) atoms. The van der Waals surface area contributed by atoms with Gasteiger partial charge in [-0.25, -0.2) is 4.98 Å². The average molecular weight is 448 g/mol. The molecular weight excluding hydrogens is 424 g/mol. The number of thiazole rings is 2. The van der Waals surface area contributed by atoms with Gasteiger partial charge in [0.15, 0.2) is 0 Å². The fourth-order valence-electron chi connectivity index (χ4n) is 3.60. The number of fused-ring (bicyclic) bond motifs is 2. The van der Waals surface area contributed by atoms with Crippen LogP contribution < -0.4 is 4.57 Å². The SMILES string of the molecule is CCc1cccc2sc(Cc3nc4ccccc4s3)[n+](CCCCS(=O)(=O)O)c12. The Morgan fingerprint density at radius 2 is 1.83 bits per heavy atom. The molecule has 0 saturated carbocycles. The lowest BCUT2D eigenvalue weighted by molar-refractivity contribution is -0.674. The highest BCUT2D eigenvalue weighted by Crippen LogP contribution is 2.28. The van der Waals surface area contributed by atoms with Crippen molar-refractivity contribution in [3.63, 3.8) is 0 Å². The lowest BCUT2D eigenvalue weighted by Crippen LogP contribution is -2.37. The number of hydrogen-bond acceptors (Lipinski definition) is 5. The summed E-state index contributed by atoms with van der Waals surface area (Å²) < 4.78 is 35.9. The fourth-order valence-corrected chi connectivity index (χ4v) is 6.47. The fraction of sp³-hybridized carbons (Fsp3) is 0.333. The monoisotopic (exact) mass is 447 g/mol. The summed E-state index contributed by atoms with van der Waals surface area (Å²) in [5.74, 6) is -0.191. The molecule has 0 radical (unpaired) electrons. The number of rotatable bonds is 8. The molecule has 0 fully saturated rings. The summed E-state index contributed by atoms with van der Waals surface area (Å²) in [6, 6.07) is 14.6. The molecule has 8 heteroatoms. The van der Waals surface area contributed by atoms with E-state index in [-0.39, 0.29) is 5.75 Å². The van der Waals surface area contributed by atoms with Crippen LogP contribution in [0.5, 0.6) is 0 Å². The van der Waals surface area contributed by atoms with Crippen LogP contribution in [0, 0.1) is 0 Å². The van der Waals surface area contributed by atoms with Crippen molar-refractivity contribution in [1.29, 1.82) is 0 Å². The molecule has 2 aromatic carbocycles. The first-order valence-electron chi connectivity index (χ1n) is 9.67. The van der Waals surface area contributed by atoms with Gasteiger partial charge in [-0.15, -0.1) is 11.3 Å². The van der Waals surface area contributed by atoms with E-state index < -0.39 is 10.1 Å². The van der Waals surface area contributed by atoms with Crippen molar-refractivity contribution in [3.05, 3.63) is 58.0 Å². The van der Waals surface area contributed by atoms with Gasteiger partial charge in [0.1, 0.15) is 16.3 Å². The van der Waals surface area contributed by atoms with Crippen LogP contribution in [0.3, 0.4) is 0 Å². The minimum absolute atomic E-state index is 0.191. The van der Waals surface area contributed by atoms with E-state index in [9.17, 15) is 8.42 Å². The van der Waals surface area contributed by atoms with E-state index in [4.69, 9.17) is 9.54 Å². The minimum Gasteiger partial charge on any atom is -0.286 e. The van der Waals surface area contributed by atoms with E-state index in [0.717, 1.165) is 29.9 Å². The number of aromatic nitrogens is 2. The Morgan fingerprint density at radius 1 is 1.03 bits per heavy atom. The molecule has 2 aromatic heterocycles. The quantitative estimate of drug-likeness (QED) is 0.243. The maximum Gasteiger partial charge on any atom is 0.264 e. The molecule has 0 aliphatic carbocycles. The number of para-hydroxylation sites is 2. The number of aryl methyl sites for hydroxylation is 2. The van der Waals surface area contributed by atoms with Crippen molar-refractivity contribution in [2.75, 3.05) is 5.75 Å². The molecule has 5 nitrogen and oxygen atoms in total. The molecule has 0 saturated heterocycles. The van der Waals surface area contributed by atoms with Crippen molar-refractivity contribution in [3.8, 4) is 0 Å². The number of unbranched alkanes of at least 4 members (excludes halogenated alkanes) is 1. The second kappa shape index (κ2) is 8.47. The van der Waals surface area contributed by atoms with E-state index in [1.807, 2.05) is 18.2 Å². The predicted molar refractivity (Wildman–Crippen MR) is 119 cm³/mol. The highest BCUT2D eigenvalue weighted by atomic mass is 32.2. The topological polar surface area (TPSA) is 71.1 Å². The molecule has 0 spiro atoms. The maximum atomic E-state index is 11.0.